The Morgan fingerprint density at radius 3 is 2.33 bits per heavy atom. The zero-order valence-corrected chi connectivity index (χ0v) is 10.2. The van der Waals surface area contributed by atoms with E-state index < -0.39 is 0 Å². The highest BCUT2D eigenvalue weighted by Gasteiger charge is 2.18. The van der Waals surface area contributed by atoms with E-state index in [1.165, 1.54) is 0 Å². The van der Waals surface area contributed by atoms with Crippen LogP contribution in [0.1, 0.15) is 45.4 Å². The van der Waals surface area contributed by atoms with Gasteiger partial charge in [-0.2, -0.15) is 5.10 Å². The minimum Gasteiger partial charge on any atom is -0.328 e. The van der Waals surface area contributed by atoms with Crippen molar-refractivity contribution in [3.63, 3.8) is 0 Å². The highest BCUT2D eigenvalue weighted by Crippen LogP contribution is 2.17. The first-order valence-corrected chi connectivity index (χ1v) is 5.78. The van der Waals surface area contributed by atoms with Crippen LogP contribution in [-0.2, 0) is 12.8 Å². The predicted octanol–water partition coefficient (Wildman–Crippen LogP) is 1.56. The van der Waals surface area contributed by atoms with E-state index >= 15 is 0 Å². The van der Waals surface area contributed by atoms with Gasteiger partial charge in [0, 0.05) is 19.4 Å². The number of aryl methyl sites for hydroxylation is 2. The molecule has 0 aromatic carbocycles. The summed E-state index contributed by atoms with van der Waals surface area (Å²) in [6, 6.07) is 0.271. The maximum atomic E-state index is 5.79. The van der Waals surface area contributed by atoms with Crippen molar-refractivity contribution in [2.75, 3.05) is 6.54 Å². The van der Waals surface area contributed by atoms with E-state index in [0.29, 0.717) is 12.5 Å². The lowest BCUT2D eigenvalue weighted by atomic mass is 10.1. The van der Waals surface area contributed by atoms with Gasteiger partial charge in [0.25, 0.3) is 0 Å². The van der Waals surface area contributed by atoms with Gasteiger partial charge in [0.15, 0.2) is 5.82 Å². The van der Waals surface area contributed by atoms with E-state index in [9.17, 15) is 0 Å². The topological polar surface area (TPSA) is 56.7 Å². The molecule has 0 radical (unpaired) electrons. The lowest BCUT2D eigenvalue weighted by Crippen LogP contribution is -2.26. The Kier molecular flexibility index (Phi) is 4.27. The second-order valence-corrected chi connectivity index (χ2v) is 4.14. The minimum atomic E-state index is 0.271. The summed E-state index contributed by atoms with van der Waals surface area (Å²) in [5.41, 5.74) is 5.79. The number of nitrogens with zero attached hydrogens (tertiary/aromatic N) is 3. The van der Waals surface area contributed by atoms with Crippen molar-refractivity contribution in [1.29, 1.82) is 0 Å². The van der Waals surface area contributed by atoms with Gasteiger partial charge in [0.1, 0.15) is 5.82 Å². The van der Waals surface area contributed by atoms with E-state index in [2.05, 4.69) is 37.8 Å². The molecular weight excluding hydrogens is 188 g/mol. The lowest BCUT2D eigenvalue weighted by molar-refractivity contribution is 0.343. The largest absolute Gasteiger partial charge is 0.328 e. The number of hydrogen-bond donors (Lipinski definition) is 1. The Morgan fingerprint density at radius 1 is 1.27 bits per heavy atom. The minimum absolute atomic E-state index is 0.271. The molecule has 0 aliphatic rings. The first-order valence-electron chi connectivity index (χ1n) is 5.78. The van der Waals surface area contributed by atoms with Gasteiger partial charge in [-0.15, -0.1) is 0 Å². The fourth-order valence-electron chi connectivity index (χ4n) is 1.72. The molecule has 0 bridgehead atoms. The molecule has 1 unspecified atom stereocenters. The van der Waals surface area contributed by atoms with Gasteiger partial charge in [-0.1, -0.05) is 27.7 Å². The molecule has 1 aromatic rings. The first kappa shape index (κ1) is 12.2. The second kappa shape index (κ2) is 5.26. The highest BCUT2D eigenvalue weighted by molar-refractivity contribution is 4.95. The van der Waals surface area contributed by atoms with Crippen molar-refractivity contribution in [3.8, 4) is 0 Å². The Labute approximate surface area is 91.9 Å². The van der Waals surface area contributed by atoms with Crippen molar-refractivity contribution >= 4 is 0 Å². The summed E-state index contributed by atoms with van der Waals surface area (Å²) in [5, 5.41) is 4.52. The van der Waals surface area contributed by atoms with E-state index in [4.69, 9.17) is 5.73 Å². The van der Waals surface area contributed by atoms with Gasteiger partial charge in [0.2, 0.25) is 0 Å². The molecule has 4 nitrogen and oxygen atoms in total. The van der Waals surface area contributed by atoms with Gasteiger partial charge in [-0.05, 0) is 5.92 Å². The van der Waals surface area contributed by atoms with Crippen molar-refractivity contribution in [2.45, 2.75) is 46.6 Å². The molecule has 0 saturated heterocycles. The molecule has 1 atom stereocenters. The molecule has 4 heteroatoms. The van der Waals surface area contributed by atoms with Crippen LogP contribution in [0.4, 0.5) is 0 Å². The quantitative estimate of drug-likeness (QED) is 0.802. The summed E-state index contributed by atoms with van der Waals surface area (Å²) in [7, 11) is 0. The maximum Gasteiger partial charge on any atom is 0.150 e. The molecule has 0 aliphatic heterocycles. The Morgan fingerprint density at radius 2 is 1.93 bits per heavy atom. The summed E-state index contributed by atoms with van der Waals surface area (Å²) in [5.74, 6) is 2.47. The van der Waals surface area contributed by atoms with Crippen LogP contribution in [0, 0.1) is 5.92 Å². The molecule has 1 rings (SSSR count). The van der Waals surface area contributed by atoms with Gasteiger partial charge >= 0.3 is 0 Å². The number of nitrogens with two attached hydrogens (primary N) is 1. The van der Waals surface area contributed by atoms with Gasteiger partial charge in [-0.3, -0.25) is 0 Å². The van der Waals surface area contributed by atoms with Crippen LogP contribution in [0.2, 0.25) is 0 Å². The summed E-state index contributed by atoms with van der Waals surface area (Å²) in [6.07, 6.45) is 1.80. The van der Waals surface area contributed by atoms with Crippen LogP contribution in [0.25, 0.3) is 0 Å². The van der Waals surface area contributed by atoms with Gasteiger partial charge < -0.3 is 5.73 Å². The maximum absolute atomic E-state index is 5.79. The number of rotatable bonds is 5. The highest BCUT2D eigenvalue weighted by atomic mass is 15.4. The normalized spacial score (nSPS) is 13.5. The van der Waals surface area contributed by atoms with Crippen molar-refractivity contribution < 1.29 is 0 Å². The fourth-order valence-corrected chi connectivity index (χ4v) is 1.72. The van der Waals surface area contributed by atoms with E-state index in [1.807, 2.05) is 4.68 Å². The lowest BCUT2D eigenvalue weighted by Gasteiger charge is -2.20. The third-order valence-electron chi connectivity index (χ3n) is 2.70. The molecule has 1 aromatic heterocycles. The summed E-state index contributed by atoms with van der Waals surface area (Å²) >= 11 is 0. The molecule has 15 heavy (non-hydrogen) atoms. The Bertz CT molecular complexity index is 304. The van der Waals surface area contributed by atoms with Crippen molar-refractivity contribution in [1.82, 2.24) is 14.8 Å². The van der Waals surface area contributed by atoms with Gasteiger partial charge in [-0.25, -0.2) is 9.67 Å². The smallest absolute Gasteiger partial charge is 0.150 e. The van der Waals surface area contributed by atoms with Crippen LogP contribution >= 0.6 is 0 Å². The predicted molar refractivity (Wildman–Crippen MR) is 61.7 cm³/mol. The van der Waals surface area contributed by atoms with E-state index in [0.717, 1.165) is 24.5 Å². The standard InChI is InChI=1S/C11H22N4/c1-5-10-13-11(6-2)15(14-10)9(7-12)8(3)4/h8-9H,5-7,12H2,1-4H3. The average Bonchev–Trinajstić information content (AvgIpc) is 2.61. The van der Waals surface area contributed by atoms with Crippen molar-refractivity contribution in [3.05, 3.63) is 11.6 Å². The van der Waals surface area contributed by atoms with Crippen LogP contribution < -0.4 is 5.73 Å². The average molecular weight is 210 g/mol. The Balaban J connectivity index is 3.04. The molecule has 0 aliphatic carbocycles. The van der Waals surface area contributed by atoms with Crippen molar-refractivity contribution in [2.24, 2.45) is 11.7 Å². The third-order valence-corrected chi connectivity index (χ3v) is 2.70. The van der Waals surface area contributed by atoms with E-state index in [-0.39, 0.29) is 6.04 Å². The summed E-state index contributed by atoms with van der Waals surface area (Å²) in [6.45, 7) is 9.14. The summed E-state index contributed by atoms with van der Waals surface area (Å²) in [4.78, 5) is 4.49. The van der Waals surface area contributed by atoms with E-state index in [1.54, 1.807) is 0 Å². The molecule has 86 valence electrons. The third kappa shape index (κ3) is 2.56. The zero-order valence-electron chi connectivity index (χ0n) is 10.2. The monoisotopic (exact) mass is 210 g/mol. The SMILES string of the molecule is CCc1nc(CC)n(C(CN)C(C)C)n1. The fraction of sp³-hybridized carbons (Fsp3) is 0.818. The van der Waals surface area contributed by atoms with Gasteiger partial charge in [0.05, 0.1) is 6.04 Å². The first-order chi connectivity index (χ1) is 7.13. The molecular formula is C11H22N4. The molecule has 0 amide bonds. The van der Waals surface area contributed by atoms with Crippen LogP contribution in [0.3, 0.4) is 0 Å². The Hall–Kier alpha value is -0.900. The molecule has 2 N–H and O–H groups in total. The number of aromatic nitrogens is 3. The van der Waals surface area contributed by atoms with Crippen LogP contribution in [-0.4, -0.2) is 21.3 Å². The molecule has 0 fully saturated rings. The number of hydrogen-bond acceptors (Lipinski definition) is 3. The molecule has 0 spiro atoms. The zero-order chi connectivity index (χ0) is 11.4. The molecule has 1 heterocycles. The van der Waals surface area contributed by atoms with Crippen LogP contribution in [0.5, 0.6) is 0 Å². The van der Waals surface area contributed by atoms with Crippen LogP contribution in [0.15, 0.2) is 0 Å². The second-order valence-electron chi connectivity index (χ2n) is 4.14. The summed E-state index contributed by atoms with van der Waals surface area (Å²) < 4.78 is 2.02. The molecule has 0 saturated carbocycles.